The molecule has 1 atom stereocenters. The van der Waals surface area contributed by atoms with Crippen LogP contribution in [0.3, 0.4) is 0 Å². The van der Waals surface area contributed by atoms with Crippen molar-refractivity contribution < 1.29 is 14.6 Å². The highest BCUT2D eigenvalue weighted by molar-refractivity contribution is 5.36. The maximum absolute atomic E-state index is 9.77. The highest BCUT2D eigenvalue weighted by Gasteiger charge is 2.09. The van der Waals surface area contributed by atoms with Crippen LogP contribution in [0, 0.1) is 6.92 Å². The zero-order chi connectivity index (χ0) is 11.3. The molecule has 0 fully saturated rings. The number of benzene rings is 1. The Labute approximate surface area is 90.6 Å². The van der Waals surface area contributed by atoms with Crippen LogP contribution < -0.4 is 4.74 Å². The summed E-state index contributed by atoms with van der Waals surface area (Å²) >= 11 is 0. The first-order valence-corrected chi connectivity index (χ1v) is 5.09. The SMILES string of the molecule is CCOCC(O)c1ccc(OC)c(C)c1. The second kappa shape index (κ2) is 5.73. The topological polar surface area (TPSA) is 38.7 Å². The standard InChI is InChI=1S/C12H18O3/c1-4-15-8-11(13)10-5-6-12(14-3)9(2)7-10/h5-7,11,13H,4,8H2,1-3H3. The molecule has 3 heteroatoms. The fourth-order valence-electron chi connectivity index (χ4n) is 1.43. The van der Waals surface area contributed by atoms with Gasteiger partial charge in [-0.15, -0.1) is 0 Å². The smallest absolute Gasteiger partial charge is 0.121 e. The molecule has 0 aromatic heterocycles. The minimum absolute atomic E-state index is 0.336. The number of hydrogen-bond acceptors (Lipinski definition) is 3. The van der Waals surface area contributed by atoms with Crippen LogP contribution in [0.4, 0.5) is 0 Å². The molecule has 15 heavy (non-hydrogen) atoms. The summed E-state index contributed by atoms with van der Waals surface area (Å²) in [5.41, 5.74) is 1.88. The first kappa shape index (κ1) is 12.0. The van der Waals surface area contributed by atoms with Crippen LogP contribution in [0.5, 0.6) is 5.75 Å². The van der Waals surface area contributed by atoms with Crippen molar-refractivity contribution in [3.8, 4) is 5.75 Å². The molecule has 0 radical (unpaired) electrons. The van der Waals surface area contributed by atoms with E-state index in [2.05, 4.69) is 0 Å². The molecule has 1 aromatic rings. The Kier molecular flexibility index (Phi) is 4.59. The van der Waals surface area contributed by atoms with Crippen LogP contribution >= 0.6 is 0 Å². The van der Waals surface area contributed by atoms with E-state index in [1.54, 1.807) is 7.11 Å². The van der Waals surface area contributed by atoms with Crippen LogP contribution in [0.1, 0.15) is 24.2 Å². The van der Waals surface area contributed by atoms with E-state index < -0.39 is 6.10 Å². The average Bonchev–Trinajstić information content (AvgIpc) is 2.25. The van der Waals surface area contributed by atoms with E-state index in [4.69, 9.17) is 9.47 Å². The average molecular weight is 210 g/mol. The van der Waals surface area contributed by atoms with Gasteiger partial charge in [0.2, 0.25) is 0 Å². The maximum Gasteiger partial charge on any atom is 0.121 e. The first-order chi connectivity index (χ1) is 7.19. The van der Waals surface area contributed by atoms with Crippen molar-refractivity contribution in [2.45, 2.75) is 20.0 Å². The highest BCUT2D eigenvalue weighted by atomic mass is 16.5. The predicted molar refractivity (Wildman–Crippen MR) is 59.2 cm³/mol. The van der Waals surface area contributed by atoms with Crippen molar-refractivity contribution >= 4 is 0 Å². The Hall–Kier alpha value is -1.06. The molecule has 84 valence electrons. The first-order valence-electron chi connectivity index (χ1n) is 5.09. The van der Waals surface area contributed by atoms with Gasteiger partial charge in [-0.05, 0) is 37.1 Å². The van der Waals surface area contributed by atoms with Crippen molar-refractivity contribution in [3.63, 3.8) is 0 Å². The van der Waals surface area contributed by atoms with Crippen molar-refractivity contribution in [1.82, 2.24) is 0 Å². The molecule has 0 saturated heterocycles. The Morgan fingerprint density at radius 3 is 2.67 bits per heavy atom. The van der Waals surface area contributed by atoms with Crippen LogP contribution in [0.2, 0.25) is 0 Å². The Morgan fingerprint density at radius 1 is 1.40 bits per heavy atom. The molecule has 1 N–H and O–H groups in total. The second-order valence-electron chi connectivity index (χ2n) is 3.40. The molecule has 0 spiro atoms. The number of aliphatic hydroxyl groups is 1. The molecular formula is C12H18O3. The van der Waals surface area contributed by atoms with Gasteiger partial charge in [-0.25, -0.2) is 0 Å². The van der Waals surface area contributed by atoms with Gasteiger partial charge >= 0.3 is 0 Å². The van der Waals surface area contributed by atoms with E-state index in [1.807, 2.05) is 32.0 Å². The second-order valence-corrected chi connectivity index (χ2v) is 3.40. The third kappa shape index (κ3) is 3.22. The van der Waals surface area contributed by atoms with E-state index in [-0.39, 0.29) is 0 Å². The van der Waals surface area contributed by atoms with Crippen LogP contribution in [-0.4, -0.2) is 25.4 Å². The predicted octanol–water partition coefficient (Wildman–Crippen LogP) is 2.07. The zero-order valence-corrected chi connectivity index (χ0v) is 9.49. The van der Waals surface area contributed by atoms with Gasteiger partial charge in [-0.2, -0.15) is 0 Å². The fraction of sp³-hybridized carbons (Fsp3) is 0.500. The number of methoxy groups -OCH3 is 1. The van der Waals surface area contributed by atoms with Gasteiger partial charge < -0.3 is 14.6 Å². The van der Waals surface area contributed by atoms with E-state index in [0.717, 1.165) is 16.9 Å². The molecule has 0 aliphatic heterocycles. The summed E-state index contributed by atoms with van der Waals surface area (Å²) in [6.45, 7) is 4.82. The van der Waals surface area contributed by atoms with Gasteiger partial charge in [-0.3, -0.25) is 0 Å². The summed E-state index contributed by atoms with van der Waals surface area (Å²) in [5, 5.41) is 9.77. The molecule has 1 aromatic carbocycles. The van der Waals surface area contributed by atoms with Gasteiger partial charge in [0.05, 0.1) is 13.7 Å². The summed E-state index contributed by atoms with van der Waals surface area (Å²) < 4.78 is 10.3. The van der Waals surface area contributed by atoms with Crippen LogP contribution in [-0.2, 0) is 4.74 Å². The number of ether oxygens (including phenoxy) is 2. The van der Waals surface area contributed by atoms with Crippen molar-refractivity contribution in [2.24, 2.45) is 0 Å². The van der Waals surface area contributed by atoms with Gasteiger partial charge in [0.15, 0.2) is 0 Å². The van der Waals surface area contributed by atoms with Crippen molar-refractivity contribution in [1.29, 1.82) is 0 Å². The molecule has 0 amide bonds. The van der Waals surface area contributed by atoms with Crippen LogP contribution in [0.25, 0.3) is 0 Å². The number of hydrogen-bond donors (Lipinski definition) is 1. The van der Waals surface area contributed by atoms with Gasteiger partial charge in [0.1, 0.15) is 11.9 Å². The lowest BCUT2D eigenvalue weighted by Crippen LogP contribution is -2.07. The lowest BCUT2D eigenvalue weighted by Gasteiger charge is -2.13. The van der Waals surface area contributed by atoms with Crippen LogP contribution in [0.15, 0.2) is 18.2 Å². The lowest BCUT2D eigenvalue weighted by atomic mass is 10.1. The monoisotopic (exact) mass is 210 g/mol. The van der Waals surface area contributed by atoms with Gasteiger partial charge in [0.25, 0.3) is 0 Å². The van der Waals surface area contributed by atoms with Crippen molar-refractivity contribution in [2.75, 3.05) is 20.3 Å². The number of aliphatic hydroxyl groups excluding tert-OH is 1. The summed E-state index contributed by atoms with van der Waals surface area (Å²) in [6.07, 6.45) is -0.561. The maximum atomic E-state index is 9.77. The minimum atomic E-state index is -0.561. The summed E-state index contributed by atoms with van der Waals surface area (Å²) in [6, 6.07) is 5.64. The molecule has 1 unspecified atom stereocenters. The minimum Gasteiger partial charge on any atom is -0.496 e. The van der Waals surface area contributed by atoms with E-state index >= 15 is 0 Å². The normalized spacial score (nSPS) is 12.5. The molecule has 0 saturated carbocycles. The zero-order valence-electron chi connectivity index (χ0n) is 9.49. The molecular weight excluding hydrogens is 192 g/mol. The quantitative estimate of drug-likeness (QED) is 0.808. The largest absolute Gasteiger partial charge is 0.496 e. The Bertz CT molecular complexity index is 310. The molecule has 3 nitrogen and oxygen atoms in total. The third-order valence-corrected chi connectivity index (χ3v) is 2.28. The molecule has 0 heterocycles. The highest BCUT2D eigenvalue weighted by Crippen LogP contribution is 2.22. The lowest BCUT2D eigenvalue weighted by molar-refractivity contribution is 0.0420. The summed E-state index contributed by atoms with van der Waals surface area (Å²) in [7, 11) is 1.64. The van der Waals surface area contributed by atoms with E-state index in [1.165, 1.54) is 0 Å². The number of rotatable bonds is 5. The number of aryl methyl sites for hydroxylation is 1. The van der Waals surface area contributed by atoms with Crippen molar-refractivity contribution in [3.05, 3.63) is 29.3 Å². The van der Waals surface area contributed by atoms with Gasteiger partial charge in [0, 0.05) is 6.61 Å². The molecule has 0 aliphatic carbocycles. The third-order valence-electron chi connectivity index (χ3n) is 2.28. The van der Waals surface area contributed by atoms with Gasteiger partial charge in [-0.1, -0.05) is 6.07 Å². The molecule has 1 rings (SSSR count). The summed E-state index contributed by atoms with van der Waals surface area (Å²) in [4.78, 5) is 0. The Balaban J connectivity index is 2.73. The molecule has 0 bridgehead atoms. The fourth-order valence-corrected chi connectivity index (χ4v) is 1.43. The molecule has 0 aliphatic rings. The van der Waals surface area contributed by atoms with E-state index in [9.17, 15) is 5.11 Å². The Morgan fingerprint density at radius 2 is 2.13 bits per heavy atom. The summed E-state index contributed by atoms with van der Waals surface area (Å²) in [5.74, 6) is 0.836. The van der Waals surface area contributed by atoms with E-state index in [0.29, 0.717) is 13.2 Å².